The van der Waals surface area contributed by atoms with E-state index in [-0.39, 0.29) is 11.9 Å². The fourth-order valence-corrected chi connectivity index (χ4v) is 7.00. The third-order valence-electron chi connectivity index (χ3n) is 7.80. The lowest BCUT2D eigenvalue weighted by Gasteiger charge is -2.23. The number of ether oxygens (including phenoxy) is 1. The van der Waals surface area contributed by atoms with E-state index in [0.717, 1.165) is 70.3 Å². The Hall–Kier alpha value is -3.44. The number of nitrogens with zero attached hydrogens (tertiary/aromatic N) is 1. The van der Waals surface area contributed by atoms with Crippen LogP contribution in [0.25, 0.3) is 10.8 Å². The van der Waals surface area contributed by atoms with Crippen molar-refractivity contribution < 1.29 is 9.53 Å². The molecule has 3 aromatic carbocycles. The number of aliphatic imine (C=N–C) groups is 1. The van der Waals surface area contributed by atoms with E-state index >= 15 is 0 Å². The molecular formula is C33H34N2O2S. The average Bonchev–Trinajstić information content (AvgIpc) is 3.34. The van der Waals surface area contributed by atoms with E-state index in [2.05, 4.69) is 41.7 Å². The predicted molar refractivity (Wildman–Crippen MR) is 157 cm³/mol. The smallest absolute Gasteiger partial charge is 0.254 e. The number of benzene rings is 3. The fraction of sp³-hybridized carbons (Fsp3) is 0.333. The summed E-state index contributed by atoms with van der Waals surface area (Å²) in [6.45, 7) is 0.488. The van der Waals surface area contributed by atoms with Gasteiger partial charge in [0.15, 0.2) is 0 Å². The second-order valence-corrected chi connectivity index (χ2v) is 11.5. The van der Waals surface area contributed by atoms with Gasteiger partial charge >= 0.3 is 0 Å². The van der Waals surface area contributed by atoms with Gasteiger partial charge in [0, 0.05) is 22.7 Å². The van der Waals surface area contributed by atoms with Crippen LogP contribution < -0.4 is 10.1 Å². The Balaban J connectivity index is 1.35. The van der Waals surface area contributed by atoms with Crippen LogP contribution in [0.3, 0.4) is 0 Å². The molecule has 38 heavy (non-hydrogen) atoms. The molecule has 194 valence electrons. The summed E-state index contributed by atoms with van der Waals surface area (Å²) in [7, 11) is 0. The molecule has 1 heterocycles. The zero-order valence-electron chi connectivity index (χ0n) is 21.7. The number of thiophene rings is 1. The third-order valence-corrected chi connectivity index (χ3v) is 9.00. The van der Waals surface area contributed by atoms with E-state index < -0.39 is 0 Å². The van der Waals surface area contributed by atoms with E-state index in [4.69, 9.17) is 9.73 Å². The van der Waals surface area contributed by atoms with E-state index in [1.807, 2.05) is 36.5 Å². The highest BCUT2D eigenvalue weighted by Crippen LogP contribution is 2.40. The molecule has 1 saturated carbocycles. The van der Waals surface area contributed by atoms with Gasteiger partial charge in [-0.25, -0.2) is 4.99 Å². The number of rotatable bonds is 7. The van der Waals surface area contributed by atoms with Gasteiger partial charge in [-0.15, -0.1) is 11.3 Å². The number of amides is 1. The first-order valence-corrected chi connectivity index (χ1v) is 14.8. The number of carbonyl (C=O) groups is 1. The maximum atomic E-state index is 13.6. The molecule has 6 rings (SSSR count). The number of aryl methyl sites for hydroxylation is 1. The van der Waals surface area contributed by atoms with Crippen molar-refractivity contribution in [2.75, 3.05) is 0 Å². The Kier molecular flexibility index (Phi) is 7.54. The lowest BCUT2D eigenvalue weighted by Crippen LogP contribution is -2.36. The molecule has 0 unspecified atom stereocenters. The number of fused-ring (bicyclic) bond motifs is 2. The van der Waals surface area contributed by atoms with Gasteiger partial charge in [-0.05, 0) is 66.5 Å². The predicted octanol–water partition coefficient (Wildman–Crippen LogP) is 8.17. The largest absolute Gasteiger partial charge is 0.488 e. The summed E-state index contributed by atoms with van der Waals surface area (Å²) >= 11 is 1.69. The van der Waals surface area contributed by atoms with Crippen molar-refractivity contribution in [3.05, 3.63) is 93.9 Å². The fourth-order valence-electron chi connectivity index (χ4n) is 5.77. The SMILES string of the molecule is O=C(NC1CCCCC1)c1c(/N=C/c2c(OCc3ccccc3)ccc3ccccc23)sc2c1CCCC2. The van der Waals surface area contributed by atoms with Crippen LogP contribution in [0.4, 0.5) is 5.00 Å². The van der Waals surface area contributed by atoms with Crippen molar-refractivity contribution in [2.45, 2.75) is 70.4 Å². The normalized spacial score (nSPS) is 16.0. The Morgan fingerprint density at radius 1 is 0.921 bits per heavy atom. The minimum absolute atomic E-state index is 0.0573. The minimum atomic E-state index is 0.0573. The van der Waals surface area contributed by atoms with Gasteiger partial charge in [0.2, 0.25) is 0 Å². The molecular weight excluding hydrogens is 488 g/mol. The molecule has 4 nitrogen and oxygen atoms in total. The highest BCUT2D eigenvalue weighted by molar-refractivity contribution is 7.16. The molecule has 0 aliphatic heterocycles. The van der Waals surface area contributed by atoms with E-state index in [1.165, 1.54) is 36.1 Å². The summed E-state index contributed by atoms with van der Waals surface area (Å²) in [6, 6.07) is 22.9. The van der Waals surface area contributed by atoms with Gasteiger partial charge in [-0.3, -0.25) is 4.79 Å². The van der Waals surface area contributed by atoms with Gasteiger partial charge in [0.05, 0.1) is 5.56 Å². The van der Waals surface area contributed by atoms with Crippen LogP contribution >= 0.6 is 11.3 Å². The highest BCUT2D eigenvalue weighted by Gasteiger charge is 2.27. The molecule has 0 bridgehead atoms. The Labute approximate surface area is 228 Å². The van der Waals surface area contributed by atoms with Crippen molar-refractivity contribution in [3.63, 3.8) is 0 Å². The summed E-state index contributed by atoms with van der Waals surface area (Å²) in [4.78, 5) is 20.0. The van der Waals surface area contributed by atoms with Crippen LogP contribution in [-0.2, 0) is 19.4 Å². The molecule has 0 radical (unpaired) electrons. The highest BCUT2D eigenvalue weighted by atomic mass is 32.1. The standard InChI is InChI=1S/C33H34N2O2S/c36-32(35-25-14-5-2-6-15-25)31-27-17-9-10-18-30(27)38-33(31)34-21-28-26-16-8-7-13-24(26)19-20-29(28)37-22-23-11-3-1-4-12-23/h1,3-4,7-8,11-13,16,19-21,25H,2,5-6,9-10,14-15,17-18,22H2,(H,35,36)/b34-21+. The van der Waals surface area contributed by atoms with Gasteiger partial charge in [-0.2, -0.15) is 0 Å². The van der Waals surface area contributed by atoms with Crippen molar-refractivity contribution in [2.24, 2.45) is 4.99 Å². The first kappa shape index (κ1) is 24.9. The maximum absolute atomic E-state index is 13.6. The number of nitrogens with one attached hydrogen (secondary N) is 1. The van der Waals surface area contributed by atoms with Gasteiger partial charge < -0.3 is 10.1 Å². The Bertz CT molecular complexity index is 1450. The zero-order valence-corrected chi connectivity index (χ0v) is 22.6. The Morgan fingerprint density at radius 3 is 2.58 bits per heavy atom. The second kappa shape index (κ2) is 11.5. The first-order valence-electron chi connectivity index (χ1n) is 13.9. The molecule has 0 atom stereocenters. The van der Waals surface area contributed by atoms with Crippen LogP contribution in [0.1, 0.15) is 76.9 Å². The van der Waals surface area contributed by atoms with Gasteiger partial charge in [-0.1, -0.05) is 79.9 Å². The minimum Gasteiger partial charge on any atom is -0.488 e. The molecule has 2 aliphatic carbocycles. The lowest BCUT2D eigenvalue weighted by molar-refractivity contribution is 0.0927. The quantitative estimate of drug-likeness (QED) is 0.249. The zero-order chi connectivity index (χ0) is 25.7. The van der Waals surface area contributed by atoms with E-state index in [0.29, 0.717) is 6.61 Å². The summed E-state index contributed by atoms with van der Waals surface area (Å²) in [5.74, 6) is 0.854. The van der Waals surface area contributed by atoms with Crippen LogP contribution in [0.2, 0.25) is 0 Å². The first-order chi connectivity index (χ1) is 18.8. The van der Waals surface area contributed by atoms with Crippen LogP contribution in [-0.4, -0.2) is 18.2 Å². The molecule has 1 amide bonds. The van der Waals surface area contributed by atoms with Crippen LogP contribution in [0.5, 0.6) is 5.75 Å². The van der Waals surface area contributed by atoms with Crippen molar-refractivity contribution in [1.82, 2.24) is 5.32 Å². The van der Waals surface area contributed by atoms with Crippen molar-refractivity contribution in [3.8, 4) is 5.75 Å². The third kappa shape index (κ3) is 5.39. The van der Waals surface area contributed by atoms with Gasteiger partial charge in [0.1, 0.15) is 17.4 Å². The average molecular weight is 523 g/mol. The monoisotopic (exact) mass is 522 g/mol. The van der Waals surface area contributed by atoms with Crippen molar-refractivity contribution >= 4 is 39.2 Å². The maximum Gasteiger partial charge on any atom is 0.254 e. The molecule has 1 fully saturated rings. The topological polar surface area (TPSA) is 50.7 Å². The number of carbonyl (C=O) groups excluding carboxylic acids is 1. The lowest BCUT2D eigenvalue weighted by atomic mass is 9.93. The number of hydrogen-bond donors (Lipinski definition) is 1. The van der Waals surface area contributed by atoms with Crippen LogP contribution in [0.15, 0.2) is 71.7 Å². The molecule has 1 aromatic heterocycles. The van der Waals surface area contributed by atoms with E-state index in [9.17, 15) is 4.79 Å². The Morgan fingerprint density at radius 2 is 1.71 bits per heavy atom. The second-order valence-electron chi connectivity index (χ2n) is 10.4. The molecule has 0 spiro atoms. The molecule has 0 saturated heterocycles. The molecule has 4 aromatic rings. The van der Waals surface area contributed by atoms with Gasteiger partial charge in [0.25, 0.3) is 5.91 Å². The summed E-state index contributed by atoms with van der Waals surface area (Å²) < 4.78 is 6.31. The molecule has 5 heteroatoms. The van der Waals surface area contributed by atoms with Crippen molar-refractivity contribution in [1.29, 1.82) is 0 Å². The molecule has 1 N–H and O–H groups in total. The summed E-state index contributed by atoms with van der Waals surface area (Å²) in [5.41, 5.74) is 4.10. The summed E-state index contributed by atoms with van der Waals surface area (Å²) in [5, 5.41) is 6.42. The summed E-state index contributed by atoms with van der Waals surface area (Å²) in [6.07, 6.45) is 12.1. The van der Waals surface area contributed by atoms with E-state index in [1.54, 1.807) is 11.3 Å². The number of hydrogen-bond acceptors (Lipinski definition) is 4. The molecule has 2 aliphatic rings. The van der Waals surface area contributed by atoms with Crippen LogP contribution in [0, 0.1) is 0 Å².